The van der Waals surface area contributed by atoms with Gasteiger partial charge < -0.3 is 5.73 Å². The third kappa shape index (κ3) is 3.80. The van der Waals surface area contributed by atoms with E-state index in [1.54, 1.807) is 19.9 Å². The van der Waals surface area contributed by atoms with Crippen LogP contribution in [-0.4, -0.2) is 42.8 Å². The summed E-state index contributed by atoms with van der Waals surface area (Å²) in [5, 5.41) is 8.99. The van der Waals surface area contributed by atoms with Crippen molar-refractivity contribution in [2.75, 3.05) is 12.3 Å². The van der Waals surface area contributed by atoms with Crippen LogP contribution < -0.4 is 5.73 Å². The summed E-state index contributed by atoms with van der Waals surface area (Å²) in [5.41, 5.74) is 6.51. The molecule has 0 bridgehead atoms. The number of nitriles is 1. The van der Waals surface area contributed by atoms with Gasteiger partial charge in [-0.25, -0.2) is 13.0 Å². The molecule has 0 fully saturated rings. The van der Waals surface area contributed by atoms with Gasteiger partial charge in [0.2, 0.25) is 0 Å². The van der Waals surface area contributed by atoms with Crippen molar-refractivity contribution in [3.63, 3.8) is 0 Å². The van der Waals surface area contributed by atoms with E-state index >= 15 is 0 Å². The number of nitrogens with two attached hydrogens (primary N) is 1. The summed E-state index contributed by atoms with van der Waals surface area (Å²) in [6.45, 7) is 5.63. The van der Waals surface area contributed by atoms with E-state index < -0.39 is 25.8 Å². The second-order valence-corrected chi connectivity index (χ2v) is 11.7. The molecule has 4 heterocycles. The van der Waals surface area contributed by atoms with E-state index in [1.807, 2.05) is 13.0 Å². The molecule has 0 saturated carbocycles. The fraction of sp³-hybridized carbons (Fsp3) is 0.435. The highest BCUT2D eigenvalue weighted by atomic mass is 32.2. The minimum atomic E-state index is -2.79. The first-order valence-electron chi connectivity index (χ1n) is 10.6. The quantitative estimate of drug-likeness (QED) is 0.686. The number of aryl methyl sites for hydroxylation is 1. The Hall–Kier alpha value is -3.19. The van der Waals surface area contributed by atoms with Crippen molar-refractivity contribution < 1.29 is 13.4 Å². The number of rotatable bonds is 4. The maximum atomic E-state index is 15.0. The summed E-state index contributed by atoms with van der Waals surface area (Å²) in [5.74, 6) is -0.709. The van der Waals surface area contributed by atoms with Crippen molar-refractivity contribution in [2.24, 2.45) is 15.1 Å². The number of hydrogen-bond acceptors (Lipinski definition) is 8. The molecule has 0 unspecified atom stereocenters. The first-order chi connectivity index (χ1) is 15.5. The Balaban J connectivity index is 1.70. The molecule has 4 rings (SSSR count). The topological polar surface area (TPSA) is 134 Å². The highest BCUT2D eigenvalue weighted by Gasteiger charge is 2.51. The van der Waals surface area contributed by atoms with E-state index in [4.69, 9.17) is 11.0 Å². The average molecular weight is 469 g/mol. The molecule has 2 aliphatic heterocycles. The molecule has 0 saturated heterocycles. The Kier molecular flexibility index (Phi) is 5.56. The van der Waals surface area contributed by atoms with E-state index in [2.05, 4.69) is 19.3 Å². The summed E-state index contributed by atoms with van der Waals surface area (Å²) in [6, 6.07) is 6.24. The first-order valence-corrected chi connectivity index (χ1v) is 12.3. The number of halogens is 1. The monoisotopic (exact) mass is 468 g/mol. The Morgan fingerprint density at radius 1 is 1.36 bits per heavy atom. The van der Waals surface area contributed by atoms with Crippen molar-refractivity contribution in [1.82, 2.24) is 9.97 Å². The van der Waals surface area contributed by atoms with Crippen molar-refractivity contribution in [3.05, 3.63) is 58.4 Å². The van der Waals surface area contributed by atoms with Gasteiger partial charge >= 0.3 is 0 Å². The van der Waals surface area contributed by atoms with Crippen LogP contribution in [0.15, 0.2) is 33.8 Å². The second-order valence-electron chi connectivity index (χ2n) is 8.98. The summed E-state index contributed by atoms with van der Waals surface area (Å²) in [6.07, 6.45) is 2.61. The Morgan fingerprint density at radius 2 is 2.12 bits per heavy atom. The third-order valence-corrected chi connectivity index (χ3v) is 9.80. The largest absolute Gasteiger partial charge is 0.386 e. The minimum Gasteiger partial charge on any atom is -0.386 e. The summed E-state index contributed by atoms with van der Waals surface area (Å²) < 4.78 is 32.3. The fourth-order valence-electron chi connectivity index (χ4n) is 4.48. The number of Topliss-reactive ketones (excluding diaryl/α,β-unsaturated/α-hetero) is 1. The van der Waals surface area contributed by atoms with E-state index in [0.29, 0.717) is 29.8 Å². The van der Waals surface area contributed by atoms with Gasteiger partial charge in [0, 0.05) is 18.4 Å². The molecule has 0 aromatic carbocycles. The zero-order valence-electron chi connectivity index (χ0n) is 18.8. The van der Waals surface area contributed by atoms with Gasteiger partial charge in [0.05, 0.1) is 27.5 Å². The molecule has 2 aliphatic rings. The van der Waals surface area contributed by atoms with Gasteiger partial charge in [0.25, 0.3) is 0 Å². The predicted molar refractivity (Wildman–Crippen MR) is 123 cm³/mol. The third-order valence-electron chi connectivity index (χ3n) is 6.43. The molecule has 2 aromatic heterocycles. The lowest BCUT2D eigenvalue weighted by atomic mass is 9.96. The van der Waals surface area contributed by atoms with Gasteiger partial charge in [-0.1, -0.05) is 0 Å². The van der Waals surface area contributed by atoms with E-state index in [0.717, 1.165) is 6.42 Å². The number of amidine groups is 1. The molecule has 8 nitrogen and oxygen atoms in total. The van der Waals surface area contributed by atoms with E-state index in [-0.39, 0.29) is 35.2 Å². The van der Waals surface area contributed by atoms with E-state index in [9.17, 15) is 13.4 Å². The minimum absolute atomic E-state index is 0.00851. The average Bonchev–Trinajstić information content (AvgIpc) is 2.76. The molecule has 3 atom stereocenters. The van der Waals surface area contributed by atoms with Gasteiger partial charge in [-0.15, -0.1) is 0 Å². The molecule has 0 spiro atoms. The predicted octanol–water partition coefficient (Wildman–Crippen LogP) is 2.83. The number of nitrogens with zero attached hydrogens (tertiary/aromatic N) is 5. The number of carbonyl (C=O) groups excluding carboxylic acids is 1. The summed E-state index contributed by atoms with van der Waals surface area (Å²) >= 11 is 0. The van der Waals surface area contributed by atoms with Crippen LogP contribution in [0.3, 0.4) is 0 Å². The Labute approximate surface area is 192 Å². The molecule has 2 aromatic rings. The lowest BCUT2D eigenvalue weighted by molar-refractivity contribution is 0.0986. The number of carbonyl (C=O) groups is 1. The molecular weight excluding hydrogens is 443 g/mol. The molecule has 0 aliphatic carbocycles. The lowest BCUT2D eigenvalue weighted by Gasteiger charge is -2.43. The van der Waals surface area contributed by atoms with Gasteiger partial charge in [0.15, 0.2) is 5.78 Å². The van der Waals surface area contributed by atoms with Crippen LogP contribution in [0.25, 0.3) is 0 Å². The van der Waals surface area contributed by atoms with Crippen LogP contribution in [-0.2, 0) is 21.7 Å². The van der Waals surface area contributed by atoms with Crippen molar-refractivity contribution in [2.45, 2.75) is 50.3 Å². The van der Waals surface area contributed by atoms with Crippen LogP contribution >= 0.6 is 0 Å². The molecule has 0 amide bonds. The second kappa shape index (κ2) is 7.99. The van der Waals surface area contributed by atoms with Gasteiger partial charge in [-0.2, -0.15) is 5.26 Å². The molecule has 172 valence electrons. The lowest BCUT2D eigenvalue weighted by Crippen LogP contribution is -2.57. The smallest absolute Gasteiger partial charge is 0.187 e. The van der Waals surface area contributed by atoms with Gasteiger partial charge in [-0.3, -0.25) is 19.8 Å². The summed E-state index contributed by atoms with van der Waals surface area (Å²) in [7, 11) is -2.79. The highest BCUT2D eigenvalue weighted by Crippen LogP contribution is 2.41. The van der Waals surface area contributed by atoms with Crippen LogP contribution in [0.4, 0.5) is 4.39 Å². The maximum absolute atomic E-state index is 15.0. The van der Waals surface area contributed by atoms with Gasteiger partial charge in [-0.05, 0) is 57.4 Å². The van der Waals surface area contributed by atoms with Crippen molar-refractivity contribution in [3.8, 4) is 6.07 Å². The zero-order valence-corrected chi connectivity index (χ0v) is 19.6. The number of aliphatic imine (C=N–C) groups is 1. The molecule has 33 heavy (non-hydrogen) atoms. The van der Waals surface area contributed by atoms with Crippen LogP contribution in [0.1, 0.15) is 59.7 Å². The number of hydrogen-bond donors (Lipinski definition) is 1. The number of fused-ring (bicyclic) bond motifs is 1. The fourth-order valence-corrected chi connectivity index (χ4v) is 7.40. The molecular formula is C23H25FN6O2S. The number of ketones is 1. The standard InChI is InChI=1S/C23H25FN6O2S/c1-14-9-15(11-25)12-27-19(14)18(31)10-16-5-6-17(24)20(29-16)22(2)13-33(32)23(3,21(26)30-22)7-4-8-28-33/h5-6,9,12H,4,7-8,10,13H2,1-3H3,(H2,26,30)/t22-,23-,33+/m0/s1. The van der Waals surface area contributed by atoms with Crippen molar-refractivity contribution in [1.29, 1.82) is 5.26 Å². The van der Waals surface area contributed by atoms with Crippen LogP contribution in [0.5, 0.6) is 0 Å². The molecule has 0 radical (unpaired) electrons. The molecule has 10 heteroatoms. The summed E-state index contributed by atoms with van der Waals surface area (Å²) in [4.78, 5) is 25.9. The van der Waals surface area contributed by atoms with Crippen molar-refractivity contribution >= 4 is 21.3 Å². The Bertz CT molecular complexity index is 1360. The number of pyridine rings is 2. The normalized spacial score (nSPS) is 28.8. The van der Waals surface area contributed by atoms with Crippen LogP contribution in [0.2, 0.25) is 0 Å². The molecule has 2 N–H and O–H groups in total. The first kappa shape index (κ1) is 23.0. The Morgan fingerprint density at radius 3 is 2.82 bits per heavy atom. The maximum Gasteiger partial charge on any atom is 0.187 e. The highest BCUT2D eigenvalue weighted by molar-refractivity contribution is 7.95. The SMILES string of the molecule is Cc1cc(C#N)cnc1C(=O)Cc1ccc(F)c([C@]2(C)C[S@]3(=O)=NCCC[C@@]3(C)C(N)=N2)n1. The zero-order chi connectivity index (χ0) is 24.0. The van der Waals surface area contributed by atoms with Crippen LogP contribution in [0, 0.1) is 24.1 Å². The van der Waals surface area contributed by atoms with E-state index in [1.165, 1.54) is 18.3 Å². The van der Waals surface area contributed by atoms with Gasteiger partial charge in [0.1, 0.15) is 39.4 Å². The number of aromatic nitrogens is 2.